The van der Waals surface area contributed by atoms with Crippen molar-refractivity contribution in [1.82, 2.24) is 5.32 Å². The van der Waals surface area contributed by atoms with Crippen LogP contribution in [0.2, 0.25) is 0 Å². The SMILES string of the molecule is COC1CCCNC1.Cl. The van der Waals surface area contributed by atoms with Crippen LogP contribution in [-0.2, 0) is 4.74 Å². The summed E-state index contributed by atoms with van der Waals surface area (Å²) in [7, 11) is 1.78. The van der Waals surface area contributed by atoms with Crippen molar-refractivity contribution in [3.05, 3.63) is 0 Å². The summed E-state index contributed by atoms with van der Waals surface area (Å²) in [5.41, 5.74) is 0. The summed E-state index contributed by atoms with van der Waals surface area (Å²) in [4.78, 5) is 0. The molecule has 0 radical (unpaired) electrons. The van der Waals surface area contributed by atoms with Crippen LogP contribution in [0.5, 0.6) is 0 Å². The molecule has 0 aliphatic carbocycles. The molecule has 0 aromatic rings. The zero-order valence-corrected chi connectivity index (χ0v) is 6.54. The fourth-order valence-corrected chi connectivity index (χ4v) is 1.02. The number of piperidine rings is 1. The van der Waals surface area contributed by atoms with Crippen molar-refractivity contribution < 1.29 is 4.74 Å². The second-order valence-corrected chi connectivity index (χ2v) is 2.20. The Bertz CT molecular complexity index is 64.1. The van der Waals surface area contributed by atoms with Gasteiger partial charge in [0.2, 0.25) is 0 Å². The Morgan fingerprint density at radius 2 is 2.33 bits per heavy atom. The van der Waals surface area contributed by atoms with Crippen LogP contribution in [0.1, 0.15) is 12.8 Å². The number of ether oxygens (including phenoxy) is 1. The number of methoxy groups -OCH3 is 1. The van der Waals surface area contributed by atoms with Crippen molar-refractivity contribution >= 4 is 12.4 Å². The predicted molar refractivity (Wildman–Crippen MR) is 40.1 cm³/mol. The van der Waals surface area contributed by atoms with E-state index in [9.17, 15) is 0 Å². The normalized spacial score (nSPS) is 27.0. The van der Waals surface area contributed by atoms with E-state index in [0.29, 0.717) is 6.10 Å². The molecule has 1 saturated heterocycles. The Balaban J connectivity index is 0.000000640. The summed E-state index contributed by atoms with van der Waals surface area (Å²) in [6.07, 6.45) is 2.96. The molecule has 1 aliphatic rings. The molecule has 1 heterocycles. The van der Waals surface area contributed by atoms with Crippen LogP contribution in [0.3, 0.4) is 0 Å². The number of nitrogens with one attached hydrogen (secondary N) is 1. The molecule has 0 amide bonds. The first-order chi connectivity index (χ1) is 3.93. The molecule has 0 bridgehead atoms. The average molecular weight is 152 g/mol. The van der Waals surface area contributed by atoms with Gasteiger partial charge < -0.3 is 10.1 Å². The van der Waals surface area contributed by atoms with E-state index in [1.807, 2.05) is 0 Å². The molecule has 56 valence electrons. The average Bonchev–Trinajstić information content (AvgIpc) is 1.90. The predicted octanol–water partition coefficient (Wildman–Crippen LogP) is 0.807. The Morgan fingerprint density at radius 1 is 1.56 bits per heavy atom. The Labute approximate surface area is 62.4 Å². The first-order valence-electron chi connectivity index (χ1n) is 3.17. The van der Waals surface area contributed by atoms with Gasteiger partial charge in [-0.25, -0.2) is 0 Å². The van der Waals surface area contributed by atoms with Crippen LogP contribution in [0, 0.1) is 0 Å². The van der Waals surface area contributed by atoms with Crippen LogP contribution < -0.4 is 5.32 Å². The molecule has 0 saturated carbocycles. The molecular weight excluding hydrogens is 138 g/mol. The highest BCUT2D eigenvalue weighted by molar-refractivity contribution is 5.85. The third-order valence-electron chi connectivity index (χ3n) is 1.58. The molecule has 1 aliphatic heterocycles. The van der Waals surface area contributed by atoms with Gasteiger partial charge in [-0.3, -0.25) is 0 Å². The maximum Gasteiger partial charge on any atom is 0.0696 e. The minimum Gasteiger partial charge on any atom is -0.380 e. The minimum absolute atomic E-state index is 0. The largest absolute Gasteiger partial charge is 0.380 e. The van der Waals surface area contributed by atoms with Crippen LogP contribution in [-0.4, -0.2) is 26.3 Å². The monoisotopic (exact) mass is 151 g/mol. The Kier molecular flexibility index (Phi) is 5.15. The van der Waals surface area contributed by atoms with Gasteiger partial charge >= 0.3 is 0 Å². The molecule has 1 fully saturated rings. The van der Waals surface area contributed by atoms with E-state index < -0.39 is 0 Å². The second-order valence-electron chi connectivity index (χ2n) is 2.20. The van der Waals surface area contributed by atoms with Crippen LogP contribution in [0.15, 0.2) is 0 Å². The van der Waals surface area contributed by atoms with E-state index >= 15 is 0 Å². The zero-order chi connectivity index (χ0) is 5.82. The molecule has 3 heteroatoms. The summed E-state index contributed by atoms with van der Waals surface area (Å²) < 4.78 is 5.13. The lowest BCUT2D eigenvalue weighted by Gasteiger charge is -2.20. The van der Waals surface area contributed by atoms with Gasteiger partial charge in [-0.15, -0.1) is 12.4 Å². The minimum atomic E-state index is 0. The Hall–Kier alpha value is 0.210. The number of hydrogen-bond acceptors (Lipinski definition) is 2. The third-order valence-corrected chi connectivity index (χ3v) is 1.58. The maximum absolute atomic E-state index is 5.13. The summed E-state index contributed by atoms with van der Waals surface area (Å²) in [6, 6.07) is 0. The van der Waals surface area contributed by atoms with Gasteiger partial charge in [-0.1, -0.05) is 0 Å². The number of hydrogen-bond donors (Lipinski definition) is 1. The standard InChI is InChI=1S/C6H13NO.ClH/c1-8-6-3-2-4-7-5-6;/h6-7H,2-5H2,1H3;1H. The summed E-state index contributed by atoms with van der Waals surface area (Å²) in [5.74, 6) is 0. The van der Waals surface area contributed by atoms with Crippen molar-refractivity contribution in [2.75, 3.05) is 20.2 Å². The first-order valence-corrected chi connectivity index (χ1v) is 3.17. The Morgan fingerprint density at radius 3 is 2.67 bits per heavy atom. The van der Waals surface area contributed by atoms with Gasteiger partial charge in [0.25, 0.3) is 0 Å². The number of halogens is 1. The highest BCUT2D eigenvalue weighted by atomic mass is 35.5. The van der Waals surface area contributed by atoms with Gasteiger partial charge in [0.05, 0.1) is 6.10 Å². The molecule has 0 spiro atoms. The third kappa shape index (κ3) is 3.04. The highest BCUT2D eigenvalue weighted by Crippen LogP contribution is 2.03. The molecule has 0 aromatic heterocycles. The van der Waals surface area contributed by atoms with E-state index in [4.69, 9.17) is 4.74 Å². The van der Waals surface area contributed by atoms with Crippen molar-refractivity contribution in [3.8, 4) is 0 Å². The molecule has 1 atom stereocenters. The fraction of sp³-hybridized carbons (Fsp3) is 1.00. The fourth-order valence-electron chi connectivity index (χ4n) is 1.02. The van der Waals surface area contributed by atoms with E-state index in [2.05, 4.69) is 5.32 Å². The lowest BCUT2D eigenvalue weighted by molar-refractivity contribution is 0.0810. The van der Waals surface area contributed by atoms with Crippen LogP contribution in [0.25, 0.3) is 0 Å². The van der Waals surface area contributed by atoms with E-state index in [0.717, 1.165) is 6.54 Å². The highest BCUT2D eigenvalue weighted by Gasteiger charge is 2.09. The van der Waals surface area contributed by atoms with Gasteiger partial charge in [0.15, 0.2) is 0 Å². The van der Waals surface area contributed by atoms with Gasteiger partial charge in [-0.2, -0.15) is 0 Å². The van der Waals surface area contributed by atoms with Crippen molar-refractivity contribution in [3.63, 3.8) is 0 Å². The van der Waals surface area contributed by atoms with E-state index in [1.54, 1.807) is 7.11 Å². The molecule has 0 aromatic carbocycles. The molecule has 1 N–H and O–H groups in total. The van der Waals surface area contributed by atoms with Gasteiger partial charge in [-0.05, 0) is 19.4 Å². The summed E-state index contributed by atoms with van der Waals surface area (Å²) >= 11 is 0. The molecular formula is C6H14ClNO. The zero-order valence-electron chi connectivity index (χ0n) is 5.72. The topological polar surface area (TPSA) is 21.3 Å². The molecule has 1 rings (SSSR count). The summed E-state index contributed by atoms with van der Waals surface area (Å²) in [5, 5.41) is 3.26. The van der Waals surface area contributed by atoms with Gasteiger partial charge in [0, 0.05) is 13.7 Å². The van der Waals surface area contributed by atoms with E-state index in [1.165, 1.54) is 19.4 Å². The molecule has 1 unspecified atom stereocenters. The van der Waals surface area contributed by atoms with Crippen LogP contribution >= 0.6 is 12.4 Å². The van der Waals surface area contributed by atoms with Gasteiger partial charge in [0.1, 0.15) is 0 Å². The quantitative estimate of drug-likeness (QED) is 0.599. The molecule has 2 nitrogen and oxygen atoms in total. The maximum atomic E-state index is 5.13. The van der Waals surface area contributed by atoms with E-state index in [-0.39, 0.29) is 12.4 Å². The number of rotatable bonds is 1. The first kappa shape index (κ1) is 9.21. The van der Waals surface area contributed by atoms with Crippen molar-refractivity contribution in [2.45, 2.75) is 18.9 Å². The van der Waals surface area contributed by atoms with Crippen molar-refractivity contribution in [2.24, 2.45) is 0 Å². The van der Waals surface area contributed by atoms with Crippen LogP contribution in [0.4, 0.5) is 0 Å². The lowest BCUT2D eigenvalue weighted by atomic mass is 10.1. The lowest BCUT2D eigenvalue weighted by Crippen LogP contribution is -2.34. The summed E-state index contributed by atoms with van der Waals surface area (Å²) in [6.45, 7) is 2.20. The smallest absolute Gasteiger partial charge is 0.0696 e. The second kappa shape index (κ2) is 5.03. The van der Waals surface area contributed by atoms with Crippen molar-refractivity contribution in [1.29, 1.82) is 0 Å². The molecule has 9 heavy (non-hydrogen) atoms.